The molecule has 4 N–H and O–H groups in total. The van der Waals surface area contributed by atoms with Crippen molar-refractivity contribution in [3.63, 3.8) is 0 Å². The van der Waals surface area contributed by atoms with Gasteiger partial charge < -0.3 is 21.0 Å². The van der Waals surface area contributed by atoms with Crippen molar-refractivity contribution < 1.29 is 14.6 Å². The second kappa shape index (κ2) is 7.28. The van der Waals surface area contributed by atoms with E-state index in [1.807, 2.05) is 0 Å². The first kappa shape index (κ1) is 19.3. The number of anilines is 1. The average molecular weight is 381 g/mol. The van der Waals surface area contributed by atoms with Gasteiger partial charge in [-0.2, -0.15) is 4.68 Å². The molecule has 148 valence electrons. The SMILES string of the molecule is C[C@H](CO)[C@H](CO)CN(C)c1nc2c(cc1F)c(=O)n(N)c(=O)n2C1CC1. The van der Waals surface area contributed by atoms with Gasteiger partial charge in [0.2, 0.25) is 0 Å². The zero-order valence-electron chi connectivity index (χ0n) is 15.3. The van der Waals surface area contributed by atoms with Crippen LogP contribution in [0.2, 0.25) is 0 Å². The van der Waals surface area contributed by atoms with Crippen molar-refractivity contribution in [3.8, 4) is 0 Å². The Morgan fingerprint density at radius 2 is 2.04 bits per heavy atom. The maximum Gasteiger partial charge on any atom is 0.351 e. The third-order valence-electron chi connectivity index (χ3n) is 5.14. The third-order valence-corrected chi connectivity index (χ3v) is 5.14. The summed E-state index contributed by atoms with van der Waals surface area (Å²) in [5.41, 5.74) is -1.37. The van der Waals surface area contributed by atoms with E-state index in [1.54, 1.807) is 14.0 Å². The third kappa shape index (κ3) is 3.42. The van der Waals surface area contributed by atoms with Crippen LogP contribution in [0.5, 0.6) is 0 Å². The Bertz CT molecular complexity index is 968. The van der Waals surface area contributed by atoms with E-state index < -0.39 is 17.1 Å². The predicted octanol–water partition coefficient (Wildman–Crippen LogP) is -0.581. The van der Waals surface area contributed by atoms with Crippen LogP contribution in [0.25, 0.3) is 11.0 Å². The summed E-state index contributed by atoms with van der Waals surface area (Å²) in [6.07, 6.45) is 1.52. The first-order valence-corrected chi connectivity index (χ1v) is 8.85. The fraction of sp³-hybridized carbons (Fsp3) is 0.588. The number of rotatable bonds is 7. The fourth-order valence-electron chi connectivity index (χ4n) is 3.17. The lowest BCUT2D eigenvalue weighted by atomic mass is 9.95. The molecule has 0 amide bonds. The summed E-state index contributed by atoms with van der Waals surface area (Å²) >= 11 is 0. The van der Waals surface area contributed by atoms with Gasteiger partial charge >= 0.3 is 5.69 Å². The minimum Gasteiger partial charge on any atom is -0.396 e. The molecule has 0 radical (unpaired) electrons. The normalized spacial score (nSPS) is 16.5. The van der Waals surface area contributed by atoms with Gasteiger partial charge in [0.25, 0.3) is 5.56 Å². The van der Waals surface area contributed by atoms with Crippen LogP contribution < -0.4 is 22.0 Å². The predicted molar refractivity (Wildman–Crippen MR) is 98.7 cm³/mol. The molecule has 0 aromatic carbocycles. The summed E-state index contributed by atoms with van der Waals surface area (Å²) in [5.74, 6) is 4.32. The van der Waals surface area contributed by atoms with Gasteiger partial charge in [-0.15, -0.1) is 0 Å². The highest BCUT2D eigenvalue weighted by Crippen LogP contribution is 2.35. The number of aromatic nitrogens is 3. The Labute approximate surface area is 154 Å². The van der Waals surface area contributed by atoms with E-state index in [-0.39, 0.29) is 54.5 Å². The molecule has 1 fully saturated rings. The van der Waals surface area contributed by atoms with Gasteiger partial charge in [0.05, 0.1) is 5.39 Å². The number of aliphatic hydroxyl groups excluding tert-OH is 2. The second-order valence-corrected chi connectivity index (χ2v) is 7.21. The van der Waals surface area contributed by atoms with Crippen molar-refractivity contribution in [2.75, 3.05) is 37.5 Å². The Hall–Kier alpha value is -2.46. The highest BCUT2D eigenvalue weighted by Gasteiger charge is 2.30. The number of hydrogen-bond acceptors (Lipinski definition) is 7. The zero-order valence-corrected chi connectivity index (χ0v) is 15.3. The van der Waals surface area contributed by atoms with Crippen LogP contribution in [0, 0.1) is 17.7 Å². The topological polar surface area (TPSA) is 127 Å². The molecule has 2 aromatic rings. The van der Waals surface area contributed by atoms with Crippen LogP contribution in [-0.4, -0.2) is 51.2 Å². The number of hydrogen-bond donors (Lipinski definition) is 3. The summed E-state index contributed by atoms with van der Waals surface area (Å²) in [6.45, 7) is 1.75. The number of aliphatic hydroxyl groups is 2. The highest BCUT2D eigenvalue weighted by molar-refractivity contribution is 5.76. The molecule has 1 saturated carbocycles. The number of fused-ring (bicyclic) bond motifs is 1. The summed E-state index contributed by atoms with van der Waals surface area (Å²) < 4.78 is 16.5. The molecule has 9 nitrogen and oxygen atoms in total. The van der Waals surface area contributed by atoms with Crippen LogP contribution in [0.15, 0.2) is 15.7 Å². The average Bonchev–Trinajstić information content (AvgIpc) is 3.48. The largest absolute Gasteiger partial charge is 0.396 e. The molecule has 1 aliphatic rings. The highest BCUT2D eigenvalue weighted by atomic mass is 19.1. The lowest BCUT2D eigenvalue weighted by molar-refractivity contribution is 0.134. The Balaban J connectivity index is 2.11. The van der Waals surface area contributed by atoms with Gasteiger partial charge in [0, 0.05) is 38.8 Å². The lowest BCUT2D eigenvalue weighted by Crippen LogP contribution is -2.45. The maximum absolute atomic E-state index is 14.7. The molecule has 3 rings (SSSR count). The summed E-state index contributed by atoms with van der Waals surface area (Å²) in [5, 5.41) is 18.8. The molecule has 0 bridgehead atoms. The number of nitrogens with zero attached hydrogens (tertiary/aromatic N) is 4. The van der Waals surface area contributed by atoms with Crippen LogP contribution in [0.3, 0.4) is 0 Å². The summed E-state index contributed by atoms with van der Waals surface area (Å²) in [4.78, 5) is 30.5. The Kier molecular flexibility index (Phi) is 5.20. The molecule has 0 aliphatic heterocycles. The van der Waals surface area contributed by atoms with Crippen molar-refractivity contribution in [1.29, 1.82) is 0 Å². The van der Waals surface area contributed by atoms with Gasteiger partial charge in [-0.05, 0) is 24.8 Å². The van der Waals surface area contributed by atoms with Crippen molar-refractivity contribution in [1.82, 2.24) is 14.2 Å². The van der Waals surface area contributed by atoms with Crippen molar-refractivity contribution in [2.45, 2.75) is 25.8 Å². The number of nitrogen functional groups attached to an aromatic ring is 1. The van der Waals surface area contributed by atoms with Crippen molar-refractivity contribution >= 4 is 16.9 Å². The molecule has 27 heavy (non-hydrogen) atoms. The Morgan fingerprint density at radius 3 is 2.59 bits per heavy atom. The van der Waals surface area contributed by atoms with E-state index in [1.165, 1.54) is 9.47 Å². The quantitative estimate of drug-likeness (QED) is 0.548. The monoisotopic (exact) mass is 381 g/mol. The maximum atomic E-state index is 14.7. The van der Waals surface area contributed by atoms with Gasteiger partial charge in [-0.25, -0.2) is 14.2 Å². The molecular weight excluding hydrogens is 357 g/mol. The van der Waals surface area contributed by atoms with Crippen LogP contribution in [0.1, 0.15) is 25.8 Å². The first-order chi connectivity index (χ1) is 12.8. The molecule has 2 atom stereocenters. The number of pyridine rings is 1. The molecule has 0 saturated heterocycles. The fourth-order valence-corrected chi connectivity index (χ4v) is 3.17. The van der Waals surface area contributed by atoms with E-state index in [0.29, 0.717) is 4.68 Å². The number of nitrogens with two attached hydrogens (primary N) is 1. The van der Waals surface area contributed by atoms with Crippen molar-refractivity contribution in [2.24, 2.45) is 11.8 Å². The molecule has 0 unspecified atom stereocenters. The van der Waals surface area contributed by atoms with Crippen LogP contribution >= 0.6 is 0 Å². The van der Waals surface area contributed by atoms with Gasteiger partial charge in [-0.3, -0.25) is 9.36 Å². The molecule has 0 spiro atoms. The summed E-state index contributed by atoms with van der Waals surface area (Å²) in [7, 11) is 1.60. The van der Waals surface area contributed by atoms with E-state index >= 15 is 0 Å². The minimum absolute atomic E-state index is 0.0333. The van der Waals surface area contributed by atoms with Crippen molar-refractivity contribution in [3.05, 3.63) is 32.7 Å². The Morgan fingerprint density at radius 1 is 1.37 bits per heavy atom. The van der Waals surface area contributed by atoms with Crippen LogP contribution in [0.4, 0.5) is 10.2 Å². The zero-order chi connectivity index (χ0) is 19.9. The standard InChI is InChI=1S/C17H24FN5O4/c1-9(7-24)10(8-25)6-21(2)15-13(18)5-12-14(20-15)22(11-3-4-11)17(27)23(19)16(12)26/h5,9-11,24-25H,3-4,6-8,19H2,1-2H3/t9-,10+/m1/s1. The van der Waals surface area contributed by atoms with Gasteiger partial charge in [0.1, 0.15) is 0 Å². The molecule has 2 aromatic heterocycles. The molecule has 2 heterocycles. The van der Waals surface area contributed by atoms with Gasteiger partial charge in [-0.1, -0.05) is 6.92 Å². The lowest BCUT2D eigenvalue weighted by Gasteiger charge is -2.27. The van der Waals surface area contributed by atoms with E-state index in [9.17, 15) is 24.2 Å². The smallest absolute Gasteiger partial charge is 0.351 e. The molecule has 10 heteroatoms. The number of halogens is 1. The van der Waals surface area contributed by atoms with Gasteiger partial charge in [0.15, 0.2) is 17.3 Å². The molecule has 1 aliphatic carbocycles. The van der Waals surface area contributed by atoms with Crippen LogP contribution in [-0.2, 0) is 0 Å². The van der Waals surface area contributed by atoms with E-state index in [2.05, 4.69) is 4.98 Å². The van der Waals surface area contributed by atoms with E-state index in [4.69, 9.17) is 5.84 Å². The first-order valence-electron chi connectivity index (χ1n) is 8.85. The minimum atomic E-state index is -0.797. The summed E-state index contributed by atoms with van der Waals surface area (Å²) in [6, 6.07) is 0.938. The second-order valence-electron chi connectivity index (χ2n) is 7.21. The molecular formula is C17H24FN5O4. The van der Waals surface area contributed by atoms with E-state index in [0.717, 1.165) is 18.9 Å².